The van der Waals surface area contributed by atoms with E-state index in [9.17, 15) is 31.9 Å². The summed E-state index contributed by atoms with van der Waals surface area (Å²) in [6.07, 6.45) is 1.68. The van der Waals surface area contributed by atoms with Crippen molar-refractivity contribution in [2.24, 2.45) is 5.92 Å². The number of carboxylic acid groups (broad SMARTS) is 1. The highest BCUT2D eigenvalue weighted by Crippen LogP contribution is 2.51. The first-order valence-electron chi connectivity index (χ1n) is 17.9. The van der Waals surface area contributed by atoms with Crippen LogP contribution in [0.2, 0.25) is 0 Å². The van der Waals surface area contributed by atoms with Gasteiger partial charge in [0, 0.05) is 43.7 Å². The fourth-order valence-corrected chi connectivity index (χ4v) is 8.21. The summed E-state index contributed by atoms with van der Waals surface area (Å²) in [5.41, 5.74) is 1.76. The number of rotatable bonds is 10. The molecule has 0 amide bonds. The normalized spacial score (nSPS) is 22.2. The molecule has 2 aliphatic heterocycles. The Morgan fingerprint density at radius 2 is 1.82 bits per heavy atom. The number of ether oxygens (including phenoxy) is 1. The Bertz CT molecular complexity index is 2390. The monoisotopic (exact) mass is 760 g/mol. The molecule has 2 aromatic heterocycles. The second kappa shape index (κ2) is 13.7. The third-order valence-corrected chi connectivity index (χ3v) is 10.9. The van der Waals surface area contributed by atoms with Crippen LogP contribution in [0.15, 0.2) is 87.7 Å². The van der Waals surface area contributed by atoms with E-state index < -0.39 is 47.3 Å². The molecule has 3 aromatic carbocycles. The molecule has 1 N–H and O–H groups in total. The molecule has 0 saturated carbocycles. The van der Waals surface area contributed by atoms with Gasteiger partial charge in [0.1, 0.15) is 33.8 Å². The van der Waals surface area contributed by atoms with Gasteiger partial charge in [-0.15, -0.1) is 0 Å². The maximum absolute atomic E-state index is 14.7. The number of alkyl halides is 5. The van der Waals surface area contributed by atoms with Crippen molar-refractivity contribution in [3.63, 3.8) is 0 Å². The van der Waals surface area contributed by atoms with E-state index in [1.807, 2.05) is 49.1 Å². The average Bonchev–Trinajstić information content (AvgIpc) is 3.86. The van der Waals surface area contributed by atoms with Gasteiger partial charge in [-0.1, -0.05) is 56.0 Å². The minimum absolute atomic E-state index is 0.00199. The third-order valence-electron chi connectivity index (χ3n) is 10.9. The fourth-order valence-electron chi connectivity index (χ4n) is 8.21. The maximum atomic E-state index is 14.7. The Labute approximate surface area is 312 Å². The molecule has 0 radical (unpaired) electrons. The van der Waals surface area contributed by atoms with E-state index in [1.54, 1.807) is 23.1 Å². The Hall–Kier alpha value is -5.34. The number of aliphatic carboxylic acids is 1. The number of fused-ring (bicyclic) bond motifs is 2. The first-order valence-corrected chi connectivity index (χ1v) is 17.9. The summed E-state index contributed by atoms with van der Waals surface area (Å²) in [5, 5.41) is 9.76. The number of carboxylic acids is 1. The number of likely N-dealkylation sites (tertiary alicyclic amines) is 2. The van der Waals surface area contributed by atoms with Crippen molar-refractivity contribution in [1.82, 2.24) is 19.8 Å². The van der Waals surface area contributed by atoms with E-state index >= 15 is 0 Å². The molecule has 14 heteroatoms. The molecule has 55 heavy (non-hydrogen) atoms. The minimum atomic E-state index is -4.76. The SMILES string of the molecule is C=C1CN(Cc2cc(C(F)(F)F)c3oc(C4(c5nc6cc(CN7CCC[C@H]7C(=O)O)c(OC(F)F)cc6o5)C=CC=C(c5ccccc5C)C4C)nc3c2)C1. The zero-order chi connectivity index (χ0) is 38.8. The van der Waals surface area contributed by atoms with Gasteiger partial charge in [-0.3, -0.25) is 14.6 Å². The highest BCUT2D eigenvalue weighted by Gasteiger charge is 2.50. The smallest absolute Gasteiger partial charge is 0.420 e. The Balaban J connectivity index is 1.30. The molecule has 1 aliphatic carbocycles. The van der Waals surface area contributed by atoms with Crippen LogP contribution in [-0.4, -0.2) is 63.1 Å². The highest BCUT2D eigenvalue weighted by molar-refractivity contribution is 5.81. The molecule has 2 unspecified atom stereocenters. The summed E-state index contributed by atoms with van der Waals surface area (Å²) in [7, 11) is 0. The number of nitrogens with zero attached hydrogens (tertiary/aromatic N) is 4. The van der Waals surface area contributed by atoms with Crippen LogP contribution in [-0.2, 0) is 29.5 Å². The number of aromatic nitrogens is 2. The molecule has 3 aliphatic rings. The van der Waals surface area contributed by atoms with Crippen LogP contribution >= 0.6 is 0 Å². The van der Waals surface area contributed by atoms with Crippen LogP contribution in [0.1, 0.15) is 59.4 Å². The first-order chi connectivity index (χ1) is 26.2. The predicted molar refractivity (Wildman–Crippen MR) is 193 cm³/mol. The van der Waals surface area contributed by atoms with Gasteiger partial charge in [0.2, 0.25) is 11.8 Å². The number of allylic oxidation sites excluding steroid dienone is 4. The standard InChI is InChI=1S/C41H37F5N4O5/c1-22-18-49(19-22)20-25-14-29(41(44,45)46)35-31(15-25)48-38(55-35)40(12-6-10-28(24(40)3)27-9-5-4-8-23(27)2)37-47-30-16-26(21-50-13-7-11-32(50)36(51)52)33(54-39(42)43)17-34(30)53-37/h4-6,8-10,12,14-17,24,32,39H,1,7,11,13,18-21H2,2-3H3,(H,51,52)/t24?,32-,40?/m0/s1. The Morgan fingerprint density at radius 3 is 2.53 bits per heavy atom. The lowest BCUT2D eigenvalue weighted by Gasteiger charge is -2.35. The van der Waals surface area contributed by atoms with Gasteiger partial charge in [-0.05, 0) is 72.3 Å². The molecule has 8 rings (SSSR count). The average molecular weight is 761 g/mol. The Kier molecular flexibility index (Phi) is 9.16. The van der Waals surface area contributed by atoms with Crippen LogP contribution < -0.4 is 4.74 Å². The zero-order valence-electron chi connectivity index (χ0n) is 30.0. The summed E-state index contributed by atoms with van der Waals surface area (Å²) in [6, 6.07) is 12.4. The lowest BCUT2D eigenvalue weighted by molar-refractivity contribution is -0.142. The zero-order valence-corrected chi connectivity index (χ0v) is 30.0. The molecule has 5 aromatic rings. The second-order valence-electron chi connectivity index (χ2n) is 14.6. The number of carbonyl (C=O) groups is 1. The molecular weight excluding hydrogens is 723 g/mol. The summed E-state index contributed by atoms with van der Waals surface area (Å²) < 4.78 is 89.2. The van der Waals surface area contributed by atoms with Crippen molar-refractivity contribution >= 4 is 33.7 Å². The van der Waals surface area contributed by atoms with Gasteiger partial charge >= 0.3 is 18.8 Å². The van der Waals surface area contributed by atoms with E-state index in [4.69, 9.17) is 23.5 Å². The van der Waals surface area contributed by atoms with Gasteiger partial charge in [0.25, 0.3) is 0 Å². The molecule has 2 saturated heterocycles. The molecule has 9 nitrogen and oxygen atoms in total. The van der Waals surface area contributed by atoms with Crippen LogP contribution in [0.5, 0.6) is 5.75 Å². The number of hydrogen-bond acceptors (Lipinski definition) is 8. The lowest BCUT2D eigenvalue weighted by Crippen LogP contribution is -2.38. The summed E-state index contributed by atoms with van der Waals surface area (Å²) in [5.74, 6) is -1.89. The highest BCUT2D eigenvalue weighted by atomic mass is 19.4. The summed E-state index contributed by atoms with van der Waals surface area (Å²) in [4.78, 5) is 25.2. The second-order valence-corrected chi connectivity index (χ2v) is 14.6. The van der Waals surface area contributed by atoms with E-state index in [-0.39, 0.29) is 52.8 Å². The van der Waals surface area contributed by atoms with E-state index in [0.29, 0.717) is 38.0 Å². The van der Waals surface area contributed by atoms with Gasteiger partial charge in [-0.2, -0.15) is 22.0 Å². The van der Waals surface area contributed by atoms with E-state index in [2.05, 4.69) is 6.58 Å². The molecule has 286 valence electrons. The minimum Gasteiger partial charge on any atom is -0.480 e. The van der Waals surface area contributed by atoms with Crippen molar-refractivity contribution in [2.75, 3.05) is 19.6 Å². The molecule has 0 spiro atoms. The van der Waals surface area contributed by atoms with Gasteiger partial charge in [-0.25, -0.2) is 9.97 Å². The predicted octanol–water partition coefficient (Wildman–Crippen LogP) is 8.89. The number of aryl methyl sites for hydroxylation is 1. The van der Waals surface area contributed by atoms with Gasteiger partial charge < -0.3 is 18.7 Å². The maximum Gasteiger partial charge on any atom is 0.420 e. The van der Waals surface area contributed by atoms with Gasteiger partial charge in [0.15, 0.2) is 11.2 Å². The molecule has 3 atom stereocenters. The van der Waals surface area contributed by atoms with Crippen molar-refractivity contribution in [3.05, 3.63) is 119 Å². The fraction of sp³-hybridized carbons (Fsp3) is 0.341. The topological polar surface area (TPSA) is 105 Å². The molecule has 4 heterocycles. The summed E-state index contributed by atoms with van der Waals surface area (Å²) >= 11 is 0. The van der Waals surface area contributed by atoms with E-state index in [1.165, 1.54) is 12.1 Å². The van der Waals surface area contributed by atoms with Gasteiger partial charge in [0.05, 0.1) is 0 Å². The van der Waals surface area contributed by atoms with Crippen LogP contribution in [0.25, 0.3) is 27.8 Å². The van der Waals surface area contributed by atoms with Crippen molar-refractivity contribution < 1.29 is 45.4 Å². The summed E-state index contributed by atoms with van der Waals surface area (Å²) in [6.45, 7) is 6.46. The lowest BCUT2D eigenvalue weighted by atomic mass is 9.67. The quantitative estimate of drug-likeness (QED) is 0.110. The molecule has 0 bridgehead atoms. The van der Waals surface area contributed by atoms with Crippen LogP contribution in [0.4, 0.5) is 22.0 Å². The van der Waals surface area contributed by atoms with Crippen molar-refractivity contribution in [1.29, 1.82) is 0 Å². The number of benzene rings is 3. The number of halogens is 5. The molecule has 2 fully saturated rings. The molecular formula is C41H37F5N4O5. The van der Waals surface area contributed by atoms with Crippen LogP contribution in [0, 0.1) is 12.8 Å². The van der Waals surface area contributed by atoms with Crippen molar-refractivity contribution in [3.8, 4) is 5.75 Å². The largest absolute Gasteiger partial charge is 0.480 e. The third kappa shape index (κ3) is 6.60. The van der Waals surface area contributed by atoms with Crippen molar-refractivity contribution in [2.45, 2.75) is 64.0 Å². The number of hydrogen-bond donors (Lipinski definition) is 1. The number of oxazole rings is 2. The first kappa shape index (κ1) is 36.6. The Morgan fingerprint density at radius 1 is 1.07 bits per heavy atom. The van der Waals surface area contributed by atoms with E-state index in [0.717, 1.165) is 28.3 Å². The van der Waals surface area contributed by atoms with Crippen LogP contribution in [0.3, 0.4) is 0 Å².